The predicted octanol–water partition coefficient (Wildman–Crippen LogP) is 0.814. The number of rotatable bonds is 5. The van der Waals surface area contributed by atoms with Crippen molar-refractivity contribution in [2.75, 3.05) is 0 Å². The van der Waals surface area contributed by atoms with Crippen molar-refractivity contribution in [3.63, 3.8) is 0 Å². The van der Waals surface area contributed by atoms with Gasteiger partial charge >= 0.3 is 7.12 Å². The molecular weight excluding hydrogens is 239 g/mol. The molecule has 0 aliphatic carbocycles. The Balaban J connectivity index is 2.78. The first kappa shape index (κ1) is 14.4. The minimum absolute atomic E-state index is 0.531. The molecule has 2 N–H and O–H groups in total. The molecule has 17 heavy (non-hydrogen) atoms. The molecule has 0 aromatic carbocycles. The Morgan fingerprint density at radius 1 is 1.35 bits per heavy atom. The first-order chi connectivity index (χ1) is 7.67. The van der Waals surface area contributed by atoms with Crippen LogP contribution in [0.4, 0.5) is 0 Å². The number of hydrogen-bond acceptors (Lipinski definition) is 5. The summed E-state index contributed by atoms with van der Waals surface area (Å²) >= 11 is 1.17. The van der Waals surface area contributed by atoms with Crippen molar-refractivity contribution in [1.29, 1.82) is 0 Å². The van der Waals surface area contributed by atoms with Gasteiger partial charge in [0.25, 0.3) is 0 Å². The fourth-order valence-corrected chi connectivity index (χ4v) is 1.79. The van der Waals surface area contributed by atoms with Crippen LogP contribution in [0.5, 0.6) is 0 Å². The smallest absolute Gasteiger partial charge is 0.423 e. The molecule has 0 atom stereocenters. The third kappa shape index (κ3) is 3.39. The van der Waals surface area contributed by atoms with Gasteiger partial charge in [0.15, 0.2) is 6.29 Å². The SMILES string of the molecule is CC(C)(O)C(C)(C)OB(O)c1ccc(C=O)s1. The molecule has 0 fully saturated rings. The van der Waals surface area contributed by atoms with Crippen molar-refractivity contribution in [2.45, 2.75) is 38.9 Å². The van der Waals surface area contributed by atoms with E-state index in [9.17, 15) is 14.9 Å². The number of thiophene rings is 1. The fraction of sp³-hybridized carbons (Fsp3) is 0.545. The van der Waals surface area contributed by atoms with Crippen LogP contribution in [-0.2, 0) is 4.65 Å². The van der Waals surface area contributed by atoms with E-state index in [0.29, 0.717) is 9.65 Å². The second kappa shape index (κ2) is 4.90. The van der Waals surface area contributed by atoms with Gasteiger partial charge in [-0.05, 0) is 33.8 Å². The lowest BCUT2D eigenvalue weighted by molar-refractivity contribution is -0.0981. The lowest BCUT2D eigenvalue weighted by Crippen LogP contribution is -2.52. The van der Waals surface area contributed by atoms with Crippen LogP contribution in [0.1, 0.15) is 37.4 Å². The van der Waals surface area contributed by atoms with Crippen LogP contribution in [0.3, 0.4) is 0 Å². The molecule has 1 heterocycles. The highest BCUT2D eigenvalue weighted by atomic mass is 32.1. The average Bonchev–Trinajstić information content (AvgIpc) is 2.63. The van der Waals surface area contributed by atoms with Crippen molar-refractivity contribution < 1.29 is 19.6 Å². The van der Waals surface area contributed by atoms with Gasteiger partial charge in [-0.1, -0.05) is 6.07 Å². The van der Waals surface area contributed by atoms with Crippen LogP contribution in [0, 0.1) is 0 Å². The summed E-state index contributed by atoms with van der Waals surface area (Å²) < 4.78 is 5.99. The maximum Gasteiger partial charge on any atom is 0.502 e. The minimum atomic E-state index is -1.14. The van der Waals surface area contributed by atoms with Gasteiger partial charge in [-0.25, -0.2) is 0 Å². The highest BCUT2D eigenvalue weighted by Gasteiger charge is 2.39. The Bertz CT molecular complexity index is 394. The number of carbonyl (C=O) groups excluding carboxylic acids is 1. The van der Waals surface area contributed by atoms with E-state index in [0.717, 1.165) is 6.29 Å². The maximum absolute atomic E-state index is 10.5. The van der Waals surface area contributed by atoms with Crippen molar-refractivity contribution in [3.8, 4) is 0 Å². The van der Waals surface area contributed by atoms with Crippen molar-refractivity contribution in [2.24, 2.45) is 0 Å². The van der Waals surface area contributed by atoms with E-state index in [2.05, 4.69) is 0 Å². The molecule has 4 nitrogen and oxygen atoms in total. The fourth-order valence-electron chi connectivity index (χ4n) is 1.05. The van der Waals surface area contributed by atoms with Gasteiger partial charge in [0.2, 0.25) is 0 Å². The van der Waals surface area contributed by atoms with Gasteiger partial charge < -0.3 is 14.8 Å². The van der Waals surface area contributed by atoms with Crippen LogP contribution in [0.15, 0.2) is 12.1 Å². The van der Waals surface area contributed by atoms with E-state index in [1.165, 1.54) is 11.3 Å². The summed E-state index contributed by atoms with van der Waals surface area (Å²) in [6.07, 6.45) is 0.724. The molecule has 1 aromatic heterocycles. The molecule has 0 saturated heterocycles. The molecule has 6 heteroatoms. The molecule has 1 aromatic rings. The van der Waals surface area contributed by atoms with E-state index < -0.39 is 18.3 Å². The van der Waals surface area contributed by atoms with Gasteiger partial charge in [-0.15, -0.1) is 11.3 Å². The zero-order valence-electron chi connectivity index (χ0n) is 10.4. The average molecular weight is 256 g/mol. The standard InChI is InChI=1S/C11H17BO4S/c1-10(2,14)11(3,4)16-12(15)9-6-5-8(7-13)17-9/h5-7,14-15H,1-4H3. The topological polar surface area (TPSA) is 66.8 Å². The van der Waals surface area contributed by atoms with E-state index in [1.54, 1.807) is 39.8 Å². The van der Waals surface area contributed by atoms with Crippen molar-refractivity contribution in [1.82, 2.24) is 0 Å². The highest BCUT2D eigenvalue weighted by molar-refractivity contribution is 7.23. The number of hydrogen-bond donors (Lipinski definition) is 2. The summed E-state index contributed by atoms with van der Waals surface area (Å²) in [5.41, 5.74) is -1.99. The van der Waals surface area contributed by atoms with Gasteiger partial charge in [-0.2, -0.15) is 0 Å². The molecule has 0 amide bonds. The molecule has 94 valence electrons. The Morgan fingerprint density at radius 2 is 1.94 bits per heavy atom. The largest absolute Gasteiger partial charge is 0.502 e. The summed E-state index contributed by atoms with van der Waals surface area (Å²) in [6, 6.07) is 3.26. The zero-order valence-corrected chi connectivity index (χ0v) is 11.2. The normalized spacial score (nSPS) is 12.6. The summed E-state index contributed by atoms with van der Waals surface area (Å²) in [6.45, 7) is 6.63. The second-order valence-electron chi connectivity index (χ2n) is 4.90. The predicted molar refractivity (Wildman–Crippen MR) is 68.8 cm³/mol. The van der Waals surface area contributed by atoms with Crippen LogP contribution >= 0.6 is 11.3 Å². The van der Waals surface area contributed by atoms with Gasteiger partial charge in [-0.3, -0.25) is 4.79 Å². The van der Waals surface area contributed by atoms with Crippen molar-refractivity contribution >= 4 is 29.5 Å². The monoisotopic (exact) mass is 256 g/mol. The summed E-state index contributed by atoms with van der Waals surface area (Å²) in [7, 11) is -1.14. The van der Waals surface area contributed by atoms with E-state index in [1.807, 2.05) is 0 Å². The molecule has 0 unspecified atom stereocenters. The van der Waals surface area contributed by atoms with E-state index in [4.69, 9.17) is 4.65 Å². The zero-order chi connectivity index (χ0) is 13.3. The second-order valence-corrected chi connectivity index (χ2v) is 6.04. The lowest BCUT2D eigenvalue weighted by Gasteiger charge is -2.38. The first-order valence-corrected chi connectivity index (χ1v) is 6.12. The number of aliphatic hydroxyl groups is 1. The number of carbonyl (C=O) groups is 1. The first-order valence-electron chi connectivity index (χ1n) is 5.30. The molecule has 0 aliphatic heterocycles. The van der Waals surface area contributed by atoms with Gasteiger partial charge in [0.05, 0.1) is 16.1 Å². The highest BCUT2D eigenvalue weighted by Crippen LogP contribution is 2.25. The molecule has 1 rings (SSSR count). The molecule has 0 saturated carbocycles. The van der Waals surface area contributed by atoms with Gasteiger partial charge in [0.1, 0.15) is 0 Å². The molecular formula is C11H17BO4S. The lowest BCUT2D eigenvalue weighted by atomic mass is 9.82. The third-order valence-corrected chi connectivity index (χ3v) is 3.93. The Kier molecular flexibility index (Phi) is 4.14. The van der Waals surface area contributed by atoms with Crippen LogP contribution in [0.2, 0.25) is 0 Å². The number of aldehydes is 1. The minimum Gasteiger partial charge on any atom is -0.423 e. The molecule has 0 spiro atoms. The Labute approximate surface area is 105 Å². The Morgan fingerprint density at radius 3 is 2.35 bits per heavy atom. The van der Waals surface area contributed by atoms with Crippen molar-refractivity contribution in [3.05, 3.63) is 17.0 Å². The van der Waals surface area contributed by atoms with Crippen LogP contribution < -0.4 is 4.78 Å². The summed E-state index contributed by atoms with van der Waals surface area (Å²) in [4.78, 5) is 11.1. The Hall–Kier alpha value is -0.685. The quantitative estimate of drug-likeness (QED) is 0.604. The van der Waals surface area contributed by atoms with E-state index >= 15 is 0 Å². The molecule has 0 aliphatic rings. The molecule has 0 bridgehead atoms. The van der Waals surface area contributed by atoms with Crippen LogP contribution in [0.25, 0.3) is 0 Å². The van der Waals surface area contributed by atoms with E-state index in [-0.39, 0.29) is 0 Å². The maximum atomic E-state index is 10.5. The third-order valence-electron chi connectivity index (χ3n) is 2.89. The summed E-state index contributed by atoms with van der Waals surface area (Å²) in [5.74, 6) is 0. The molecule has 0 radical (unpaired) electrons. The summed E-state index contributed by atoms with van der Waals surface area (Å²) in [5, 5.41) is 19.8. The van der Waals surface area contributed by atoms with Crippen LogP contribution in [-0.4, -0.2) is 34.7 Å². The van der Waals surface area contributed by atoms with Gasteiger partial charge in [0, 0.05) is 4.78 Å².